The second kappa shape index (κ2) is 8.94. The number of carbonyl (C=O) groups excluding carboxylic acids is 1. The van der Waals surface area contributed by atoms with Crippen molar-refractivity contribution < 1.29 is 4.79 Å². The van der Waals surface area contributed by atoms with Crippen LogP contribution in [-0.4, -0.2) is 62.1 Å². The van der Waals surface area contributed by atoms with Crippen LogP contribution in [0.1, 0.15) is 54.5 Å². The van der Waals surface area contributed by atoms with Crippen molar-refractivity contribution in [2.75, 3.05) is 25.9 Å². The van der Waals surface area contributed by atoms with Gasteiger partial charge in [-0.2, -0.15) is 5.10 Å². The number of aromatic amines is 1. The molecule has 2 aromatic rings. The highest BCUT2D eigenvalue weighted by Crippen LogP contribution is 2.20. The smallest absolute Gasteiger partial charge is 0.257 e. The number of likely N-dealkylation sites (tertiary alicyclic amines) is 1. The van der Waals surface area contributed by atoms with Crippen molar-refractivity contribution in [2.24, 2.45) is 0 Å². The topological polar surface area (TPSA) is 104 Å². The van der Waals surface area contributed by atoms with E-state index in [0.29, 0.717) is 18.4 Å². The van der Waals surface area contributed by atoms with Crippen LogP contribution in [0.2, 0.25) is 0 Å². The van der Waals surface area contributed by atoms with Gasteiger partial charge in [0.05, 0.1) is 18.3 Å². The average Bonchev–Trinajstić information content (AvgIpc) is 2.96. The lowest BCUT2D eigenvalue weighted by Crippen LogP contribution is -2.35. The lowest BCUT2D eigenvalue weighted by molar-refractivity contribution is 0.0756. The fourth-order valence-electron chi connectivity index (χ4n) is 3.67. The molecule has 3 heterocycles. The molecule has 1 atom stereocenters. The Hall–Kier alpha value is -2.48. The average molecular weight is 371 g/mol. The van der Waals surface area contributed by atoms with Crippen LogP contribution in [0.15, 0.2) is 18.5 Å². The van der Waals surface area contributed by atoms with Crippen molar-refractivity contribution >= 4 is 11.7 Å². The molecule has 146 valence electrons. The molecule has 1 aliphatic heterocycles. The molecule has 0 saturated carbocycles. The number of hydrogen-bond donors (Lipinski definition) is 2. The van der Waals surface area contributed by atoms with Crippen LogP contribution in [0, 0.1) is 0 Å². The molecular formula is C19H29N7O. The number of nitrogen functional groups attached to an aromatic ring is 1. The number of hydrogen-bond acceptors (Lipinski definition) is 6. The highest BCUT2D eigenvalue weighted by molar-refractivity contribution is 5.95. The predicted molar refractivity (Wildman–Crippen MR) is 104 cm³/mol. The molecule has 3 rings (SSSR count). The summed E-state index contributed by atoms with van der Waals surface area (Å²) in [5.41, 5.74) is 7.41. The molecule has 1 unspecified atom stereocenters. The lowest BCUT2D eigenvalue weighted by Gasteiger charge is -2.26. The van der Waals surface area contributed by atoms with Gasteiger partial charge in [-0.05, 0) is 38.8 Å². The number of aryl methyl sites for hydroxylation is 1. The maximum atomic E-state index is 12.9. The summed E-state index contributed by atoms with van der Waals surface area (Å²) in [4.78, 5) is 25.7. The Morgan fingerprint density at radius 2 is 2.26 bits per heavy atom. The zero-order chi connectivity index (χ0) is 19.2. The maximum absolute atomic E-state index is 12.9. The molecular weight excluding hydrogens is 342 g/mol. The Labute approximate surface area is 160 Å². The Morgan fingerprint density at radius 3 is 3.04 bits per heavy atom. The summed E-state index contributed by atoms with van der Waals surface area (Å²) in [7, 11) is 2.09. The van der Waals surface area contributed by atoms with Gasteiger partial charge in [0.2, 0.25) is 0 Å². The molecule has 1 saturated heterocycles. The molecule has 1 amide bonds. The minimum atomic E-state index is 0.0923. The molecule has 27 heavy (non-hydrogen) atoms. The van der Waals surface area contributed by atoms with E-state index in [2.05, 4.69) is 39.0 Å². The van der Waals surface area contributed by atoms with Crippen molar-refractivity contribution in [1.29, 1.82) is 0 Å². The molecule has 0 aromatic carbocycles. The third-order valence-electron chi connectivity index (χ3n) is 5.17. The molecule has 3 N–H and O–H groups in total. The third-order valence-corrected chi connectivity index (χ3v) is 5.17. The number of carbonyl (C=O) groups is 1. The second-order valence-corrected chi connectivity index (χ2v) is 7.20. The van der Waals surface area contributed by atoms with Crippen molar-refractivity contribution in [3.63, 3.8) is 0 Å². The van der Waals surface area contributed by atoms with Crippen molar-refractivity contribution in [3.05, 3.63) is 35.5 Å². The van der Waals surface area contributed by atoms with Crippen LogP contribution in [0.25, 0.3) is 0 Å². The molecule has 1 fully saturated rings. The Kier molecular flexibility index (Phi) is 6.39. The summed E-state index contributed by atoms with van der Waals surface area (Å²) in [6.07, 6.45) is 8.17. The first-order chi connectivity index (χ1) is 13.1. The van der Waals surface area contributed by atoms with E-state index in [4.69, 9.17) is 5.73 Å². The molecule has 2 aromatic heterocycles. The largest absolute Gasteiger partial charge is 0.384 e. The van der Waals surface area contributed by atoms with Crippen molar-refractivity contribution in [2.45, 2.75) is 51.6 Å². The number of amides is 1. The van der Waals surface area contributed by atoms with Crippen LogP contribution < -0.4 is 5.73 Å². The summed E-state index contributed by atoms with van der Waals surface area (Å²) in [5, 5.41) is 7.04. The van der Waals surface area contributed by atoms with E-state index in [1.807, 2.05) is 4.90 Å². The second-order valence-electron chi connectivity index (χ2n) is 7.20. The zero-order valence-corrected chi connectivity index (χ0v) is 16.2. The van der Waals surface area contributed by atoms with Gasteiger partial charge in [-0.3, -0.25) is 14.8 Å². The number of nitrogens with zero attached hydrogens (tertiary/aromatic N) is 5. The van der Waals surface area contributed by atoms with E-state index in [1.165, 1.54) is 0 Å². The first-order valence-corrected chi connectivity index (χ1v) is 9.67. The number of rotatable bonds is 6. The fraction of sp³-hybridized carbons (Fsp3) is 0.579. The Morgan fingerprint density at radius 1 is 1.41 bits per heavy atom. The van der Waals surface area contributed by atoms with Crippen molar-refractivity contribution in [3.8, 4) is 0 Å². The quantitative estimate of drug-likeness (QED) is 0.803. The fourth-order valence-corrected chi connectivity index (χ4v) is 3.67. The zero-order valence-electron chi connectivity index (χ0n) is 16.2. The van der Waals surface area contributed by atoms with Crippen LogP contribution in [0.4, 0.5) is 5.82 Å². The molecule has 8 nitrogen and oxygen atoms in total. The summed E-state index contributed by atoms with van der Waals surface area (Å²) in [6, 6.07) is 2.09. The van der Waals surface area contributed by atoms with Gasteiger partial charge in [-0.1, -0.05) is 13.3 Å². The molecule has 0 radical (unpaired) electrons. The number of anilines is 1. The van der Waals surface area contributed by atoms with E-state index in [0.717, 1.165) is 62.3 Å². The van der Waals surface area contributed by atoms with Crippen LogP contribution in [0.3, 0.4) is 0 Å². The van der Waals surface area contributed by atoms with Crippen LogP contribution >= 0.6 is 0 Å². The first kappa shape index (κ1) is 19.3. The van der Waals surface area contributed by atoms with Crippen LogP contribution in [0.5, 0.6) is 0 Å². The third kappa shape index (κ3) is 4.82. The van der Waals surface area contributed by atoms with Gasteiger partial charge >= 0.3 is 0 Å². The lowest BCUT2D eigenvalue weighted by atomic mass is 10.1. The summed E-state index contributed by atoms with van der Waals surface area (Å²) in [5.74, 6) is 1.32. The minimum Gasteiger partial charge on any atom is -0.384 e. The Bertz CT molecular complexity index is 760. The monoisotopic (exact) mass is 371 g/mol. The normalized spacial score (nSPS) is 17.9. The molecule has 0 aliphatic carbocycles. The molecule has 0 spiro atoms. The molecule has 1 aliphatic rings. The number of H-pyrrole nitrogens is 1. The predicted octanol–water partition coefficient (Wildman–Crippen LogP) is 1.86. The summed E-state index contributed by atoms with van der Waals surface area (Å²) < 4.78 is 0. The van der Waals surface area contributed by atoms with Gasteiger partial charge in [-0.25, -0.2) is 9.97 Å². The highest BCUT2D eigenvalue weighted by atomic mass is 16.2. The van der Waals surface area contributed by atoms with Gasteiger partial charge in [0.25, 0.3) is 5.91 Å². The van der Waals surface area contributed by atoms with E-state index in [9.17, 15) is 4.79 Å². The van der Waals surface area contributed by atoms with Crippen LogP contribution in [-0.2, 0) is 13.0 Å². The van der Waals surface area contributed by atoms with Gasteiger partial charge in [0.1, 0.15) is 11.6 Å². The maximum Gasteiger partial charge on any atom is 0.257 e. The highest BCUT2D eigenvalue weighted by Gasteiger charge is 2.26. The van der Waals surface area contributed by atoms with E-state index < -0.39 is 0 Å². The number of nitrogens with two attached hydrogens (primary N) is 1. The minimum absolute atomic E-state index is 0.0923. The first-order valence-electron chi connectivity index (χ1n) is 9.67. The van der Waals surface area contributed by atoms with E-state index in [1.54, 1.807) is 18.5 Å². The van der Waals surface area contributed by atoms with Gasteiger partial charge in [0.15, 0.2) is 0 Å². The number of aromatic nitrogens is 4. The standard InChI is InChI=1S/C19H29N7O/c1-3-5-16-15(12-22-24-16)19(27)26-10-4-6-14(8-11-26)25(2)13-18-21-9-7-17(20)23-18/h7,9,12,14H,3-6,8,10-11,13H2,1-2H3,(H,22,24)(H2,20,21,23). The van der Waals surface area contributed by atoms with Gasteiger partial charge in [-0.15, -0.1) is 0 Å². The van der Waals surface area contributed by atoms with Gasteiger partial charge < -0.3 is 10.6 Å². The molecule has 8 heteroatoms. The van der Waals surface area contributed by atoms with E-state index >= 15 is 0 Å². The molecule has 0 bridgehead atoms. The Balaban J connectivity index is 1.59. The SMILES string of the molecule is CCCc1[nH]ncc1C(=O)N1CCCC(N(C)Cc2nccc(N)n2)CC1. The summed E-state index contributed by atoms with van der Waals surface area (Å²) in [6.45, 7) is 4.30. The van der Waals surface area contributed by atoms with Gasteiger partial charge in [0, 0.05) is 31.0 Å². The summed E-state index contributed by atoms with van der Waals surface area (Å²) >= 11 is 0. The van der Waals surface area contributed by atoms with Crippen molar-refractivity contribution in [1.82, 2.24) is 30.0 Å². The van der Waals surface area contributed by atoms with E-state index in [-0.39, 0.29) is 5.91 Å². The number of nitrogens with one attached hydrogen (secondary N) is 1.